The topological polar surface area (TPSA) is 47.8 Å². The molecule has 2 aromatic rings. The highest BCUT2D eigenvalue weighted by atomic mass is 35.5. The third-order valence-electron chi connectivity index (χ3n) is 3.81. The van der Waals surface area contributed by atoms with Gasteiger partial charge in [-0.05, 0) is 12.5 Å². The van der Waals surface area contributed by atoms with Crippen LogP contribution < -0.4 is 0 Å². The molecular formula is C14H11Cl2F2N3O. The average Bonchev–Trinajstić information content (AvgIpc) is 3.14. The monoisotopic (exact) mass is 345 g/mol. The van der Waals surface area contributed by atoms with E-state index in [1.54, 1.807) is 13.1 Å². The predicted molar refractivity (Wildman–Crippen MR) is 77.9 cm³/mol. The van der Waals surface area contributed by atoms with E-state index in [1.807, 2.05) is 0 Å². The van der Waals surface area contributed by atoms with Crippen LogP contribution in [0, 0.1) is 0 Å². The van der Waals surface area contributed by atoms with Gasteiger partial charge >= 0.3 is 0 Å². The molecule has 116 valence electrons. The number of hydrogen-bond donors (Lipinski definition) is 0. The second-order valence-electron chi connectivity index (χ2n) is 5.20. The highest BCUT2D eigenvalue weighted by Crippen LogP contribution is 2.56. The van der Waals surface area contributed by atoms with Crippen molar-refractivity contribution in [1.29, 1.82) is 0 Å². The van der Waals surface area contributed by atoms with Gasteiger partial charge in [-0.3, -0.25) is 14.5 Å². The van der Waals surface area contributed by atoms with Crippen LogP contribution in [-0.2, 0) is 7.05 Å². The maximum atomic E-state index is 12.9. The van der Waals surface area contributed by atoms with E-state index in [0.29, 0.717) is 34.1 Å². The Morgan fingerprint density at radius 2 is 2.14 bits per heavy atom. The number of aromatic nitrogens is 3. The van der Waals surface area contributed by atoms with Crippen LogP contribution in [0.2, 0.25) is 10.0 Å². The first-order valence-corrected chi connectivity index (χ1v) is 7.30. The Morgan fingerprint density at radius 3 is 2.73 bits per heavy atom. The summed E-state index contributed by atoms with van der Waals surface area (Å²) in [5.41, 5.74) is 0.652. The normalized spacial score (nSPS) is 20.5. The van der Waals surface area contributed by atoms with Crippen LogP contribution in [0.25, 0.3) is 0 Å². The molecule has 2 unspecified atom stereocenters. The lowest BCUT2D eigenvalue weighted by Crippen LogP contribution is -2.00. The van der Waals surface area contributed by atoms with Gasteiger partial charge < -0.3 is 0 Å². The molecule has 1 fully saturated rings. The van der Waals surface area contributed by atoms with E-state index >= 15 is 0 Å². The van der Waals surface area contributed by atoms with E-state index in [1.165, 1.54) is 10.9 Å². The Kier molecular flexibility index (Phi) is 3.91. The van der Waals surface area contributed by atoms with Crippen molar-refractivity contribution in [2.75, 3.05) is 0 Å². The van der Waals surface area contributed by atoms with Gasteiger partial charge in [-0.2, -0.15) is 5.10 Å². The number of hydrogen-bond acceptors (Lipinski definition) is 3. The van der Waals surface area contributed by atoms with Crippen LogP contribution in [0.4, 0.5) is 8.78 Å². The predicted octanol–water partition coefficient (Wildman–Crippen LogP) is 4.14. The van der Waals surface area contributed by atoms with E-state index in [2.05, 4.69) is 10.1 Å². The van der Waals surface area contributed by atoms with Crippen LogP contribution >= 0.6 is 23.2 Å². The molecule has 0 radical (unpaired) electrons. The summed E-state index contributed by atoms with van der Waals surface area (Å²) in [5.74, 6) is -0.124. The second kappa shape index (κ2) is 5.59. The van der Waals surface area contributed by atoms with Gasteiger partial charge in [-0.1, -0.05) is 23.2 Å². The molecule has 3 rings (SSSR count). The summed E-state index contributed by atoms with van der Waals surface area (Å²) in [5, 5.41) is 4.63. The van der Waals surface area contributed by atoms with Crippen molar-refractivity contribution in [2.24, 2.45) is 7.05 Å². The first kappa shape index (κ1) is 15.4. The highest BCUT2D eigenvalue weighted by molar-refractivity contribution is 6.34. The van der Waals surface area contributed by atoms with Crippen molar-refractivity contribution in [3.8, 4) is 0 Å². The Morgan fingerprint density at radius 1 is 1.41 bits per heavy atom. The Labute approximate surface area is 135 Å². The first-order valence-electron chi connectivity index (χ1n) is 6.55. The number of carbonyl (C=O) groups excluding carboxylic acids is 1. The van der Waals surface area contributed by atoms with Crippen LogP contribution in [0.15, 0.2) is 12.3 Å². The van der Waals surface area contributed by atoms with E-state index in [-0.39, 0.29) is 17.4 Å². The van der Waals surface area contributed by atoms with Crippen LogP contribution in [0.1, 0.15) is 52.1 Å². The lowest BCUT2D eigenvalue weighted by molar-refractivity contribution is 0.110. The van der Waals surface area contributed by atoms with Gasteiger partial charge in [0, 0.05) is 25.1 Å². The van der Waals surface area contributed by atoms with Gasteiger partial charge in [0.2, 0.25) is 0 Å². The van der Waals surface area contributed by atoms with Gasteiger partial charge in [0.15, 0.2) is 6.29 Å². The molecule has 0 saturated heterocycles. The summed E-state index contributed by atoms with van der Waals surface area (Å²) in [7, 11) is 1.56. The second-order valence-corrected chi connectivity index (χ2v) is 6.04. The van der Waals surface area contributed by atoms with E-state index in [0.717, 1.165) is 0 Å². The fourth-order valence-electron chi connectivity index (χ4n) is 2.79. The molecule has 4 nitrogen and oxygen atoms in total. The van der Waals surface area contributed by atoms with Gasteiger partial charge in [0.05, 0.1) is 27.0 Å². The maximum Gasteiger partial charge on any atom is 0.282 e. The van der Waals surface area contributed by atoms with E-state index in [9.17, 15) is 13.6 Å². The lowest BCUT2D eigenvalue weighted by Gasteiger charge is -2.05. The quantitative estimate of drug-likeness (QED) is 0.782. The molecule has 0 aromatic carbocycles. The zero-order valence-electron chi connectivity index (χ0n) is 11.4. The molecular weight excluding hydrogens is 335 g/mol. The van der Waals surface area contributed by atoms with E-state index in [4.69, 9.17) is 23.2 Å². The van der Waals surface area contributed by atoms with Gasteiger partial charge in [0.1, 0.15) is 5.69 Å². The number of alkyl halides is 2. The van der Waals surface area contributed by atoms with Crippen molar-refractivity contribution in [1.82, 2.24) is 14.8 Å². The standard InChI is InChI=1S/C14H11Cl2F2N3O/c1-21-13(9(5-22)12(20-21)14(17)18)8-3-7(8)11-10(16)2-6(15)4-19-11/h2,4-5,7-8,14H,3H2,1H3. The molecule has 1 aliphatic carbocycles. The van der Waals surface area contributed by atoms with Gasteiger partial charge in [0.25, 0.3) is 6.43 Å². The van der Waals surface area contributed by atoms with Crippen LogP contribution in [0.3, 0.4) is 0 Å². The van der Waals surface area contributed by atoms with Gasteiger partial charge in [-0.15, -0.1) is 0 Å². The molecule has 0 aliphatic heterocycles. The Balaban J connectivity index is 1.96. The third kappa shape index (κ3) is 2.50. The molecule has 8 heteroatoms. The third-order valence-corrected chi connectivity index (χ3v) is 4.32. The molecule has 2 heterocycles. The van der Waals surface area contributed by atoms with Crippen LogP contribution in [-0.4, -0.2) is 21.1 Å². The van der Waals surface area contributed by atoms with Gasteiger partial charge in [-0.25, -0.2) is 8.78 Å². The van der Waals surface area contributed by atoms with Crippen molar-refractivity contribution in [3.05, 3.63) is 45.0 Å². The van der Waals surface area contributed by atoms with Crippen molar-refractivity contribution in [2.45, 2.75) is 24.7 Å². The SMILES string of the molecule is Cn1nc(C(F)F)c(C=O)c1C1CC1c1ncc(Cl)cc1Cl. The number of pyridine rings is 1. The molecule has 2 aromatic heterocycles. The number of halogens is 4. The molecule has 0 spiro atoms. The molecule has 0 N–H and O–H groups in total. The zero-order chi connectivity index (χ0) is 16.0. The molecule has 1 aliphatic rings. The van der Waals surface area contributed by atoms with Crippen LogP contribution in [0.5, 0.6) is 0 Å². The molecule has 0 bridgehead atoms. The summed E-state index contributed by atoms with van der Waals surface area (Å²) < 4.78 is 27.2. The Hall–Kier alpha value is -1.53. The summed E-state index contributed by atoms with van der Waals surface area (Å²) in [6.45, 7) is 0. The largest absolute Gasteiger partial charge is 0.298 e. The van der Waals surface area contributed by atoms with Crippen molar-refractivity contribution >= 4 is 29.5 Å². The lowest BCUT2D eigenvalue weighted by atomic mass is 10.1. The first-order chi connectivity index (χ1) is 10.4. The Bertz CT molecular complexity index is 748. The van der Waals surface area contributed by atoms with Crippen molar-refractivity contribution < 1.29 is 13.6 Å². The smallest absolute Gasteiger partial charge is 0.282 e. The number of aryl methyl sites for hydroxylation is 1. The summed E-state index contributed by atoms with van der Waals surface area (Å²) in [6, 6.07) is 1.59. The summed E-state index contributed by atoms with van der Waals surface area (Å²) in [4.78, 5) is 15.4. The number of carbonyl (C=O) groups is 1. The number of rotatable bonds is 4. The fraction of sp³-hybridized carbons (Fsp3) is 0.357. The summed E-state index contributed by atoms with van der Waals surface area (Å²) >= 11 is 11.9. The maximum absolute atomic E-state index is 12.9. The average molecular weight is 346 g/mol. The zero-order valence-corrected chi connectivity index (χ0v) is 12.9. The molecule has 2 atom stereocenters. The van der Waals surface area contributed by atoms with Crippen molar-refractivity contribution in [3.63, 3.8) is 0 Å². The number of aldehydes is 1. The number of nitrogens with zero attached hydrogens (tertiary/aromatic N) is 3. The molecule has 22 heavy (non-hydrogen) atoms. The van der Waals surface area contributed by atoms with E-state index < -0.39 is 12.1 Å². The minimum atomic E-state index is -2.78. The molecule has 0 amide bonds. The highest BCUT2D eigenvalue weighted by Gasteiger charge is 2.45. The minimum Gasteiger partial charge on any atom is -0.298 e. The fourth-order valence-corrected chi connectivity index (χ4v) is 3.31. The summed E-state index contributed by atoms with van der Waals surface area (Å²) in [6.07, 6.45) is -0.172. The molecule has 1 saturated carbocycles. The minimum absolute atomic E-state index is 0.0237.